The molecule has 0 aromatic heterocycles. The van der Waals surface area contributed by atoms with E-state index in [1.54, 1.807) is 0 Å². The molecule has 5 heteroatoms. The van der Waals surface area contributed by atoms with Crippen LogP contribution in [0.25, 0.3) is 0 Å². The molecule has 0 aliphatic rings. The van der Waals surface area contributed by atoms with Crippen molar-refractivity contribution in [1.82, 2.24) is 0 Å². The summed E-state index contributed by atoms with van der Waals surface area (Å²) in [5.74, 6) is 0. The average molecular weight is 875 g/mol. The van der Waals surface area contributed by atoms with Crippen LogP contribution in [-0.4, -0.2) is 36.4 Å². The third-order valence-electron chi connectivity index (χ3n) is 9.42. The molecule has 0 nitrogen and oxygen atoms in total. The Morgan fingerprint density at radius 1 is 0.321 bits per heavy atom. The zero-order chi connectivity index (χ0) is 39.0. The van der Waals surface area contributed by atoms with E-state index in [0.717, 1.165) is 9.52 Å². The van der Waals surface area contributed by atoms with E-state index < -0.39 is 26.8 Å². The van der Waals surface area contributed by atoms with E-state index in [2.05, 4.69) is 192 Å². The molecule has 0 spiro atoms. The zero-order valence-electron chi connectivity index (χ0n) is 33.6. The van der Waals surface area contributed by atoms with Gasteiger partial charge in [-0.1, -0.05) is 71.0 Å². The van der Waals surface area contributed by atoms with E-state index in [9.17, 15) is 0 Å². The maximum absolute atomic E-state index is 7.02. The first kappa shape index (κ1) is 42.9. The van der Waals surface area contributed by atoms with Gasteiger partial charge in [-0.2, -0.15) is 0 Å². The van der Waals surface area contributed by atoms with E-state index in [0.29, 0.717) is 0 Å². The van der Waals surface area contributed by atoms with Gasteiger partial charge in [0.1, 0.15) is 9.52 Å². The van der Waals surface area contributed by atoms with Crippen molar-refractivity contribution in [2.24, 2.45) is 0 Å². The summed E-state index contributed by atoms with van der Waals surface area (Å²) in [4.78, 5) is 0. The quantitative estimate of drug-likeness (QED) is 0.147. The van der Waals surface area contributed by atoms with Gasteiger partial charge in [0.25, 0.3) is 0 Å². The van der Waals surface area contributed by atoms with E-state index in [-0.39, 0.29) is 0 Å². The predicted octanol–water partition coefficient (Wildman–Crippen LogP) is 9.10. The standard InChI is InChI=1S/2C18H22ClGe.C12H10Si/c2*1-11-7-13(3)17(14(4)8-11)20(19)18-15(5)9-12(2)10-16(18)6;1-3-7-11(8-4-1)13-12-9-5-2-6-10-12/h2*7-10H,1-6H3;1-10H. The summed E-state index contributed by atoms with van der Waals surface area (Å²) in [5.41, 5.74) is 16.1. The summed E-state index contributed by atoms with van der Waals surface area (Å²) in [7, 11) is 14.8. The number of benzene rings is 6. The molecule has 0 bridgehead atoms. The first-order valence-corrected chi connectivity index (χ1v) is 29.0. The molecule has 0 atom stereocenters. The van der Waals surface area contributed by atoms with Gasteiger partial charge < -0.3 is 0 Å². The van der Waals surface area contributed by atoms with E-state index >= 15 is 0 Å². The summed E-state index contributed by atoms with van der Waals surface area (Å²) in [6.07, 6.45) is 0. The van der Waals surface area contributed by atoms with Crippen molar-refractivity contribution in [1.29, 1.82) is 0 Å². The van der Waals surface area contributed by atoms with Gasteiger partial charge >= 0.3 is 263 Å². The van der Waals surface area contributed by atoms with Crippen molar-refractivity contribution in [3.05, 3.63) is 176 Å². The fourth-order valence-corrected chi connectivity index (χ4v) is 22.9. The number of halogens is 2. The van der Waals surface area contributed by atoms with Crippen LogP contribution >= 0.6 is 20.0 Å². The summed E-state index contributed by atoms with van der Waals surface area (Å²) >= 11 is -3.92. The zero-order valence-corrected chi connectivity index (χ0v) is 40.4. The Kier molecular flexibility index (Phi) is 15.9. The van der Waals surface area contributed by atoms with Crippen LogP contribution in [0.15, 0.2) is 109 Å². The van der Waals surface area contributed by atoms with Gasteiger partial charge in [0.15, 0.2) is 0 Å². The monoisotopic (exact) mass is 876 g/mol. The van der Waals surface area contributed by atoms with E-state index in [1.807, 2.05) is 0 Å². The van der Waals surface area contributed by atoms with Crippen LogP contribution in [0, 0.1) is 83.1 Å². The number of aryl methyl sites for hydroxylation is 12. The Bertz CT molecular complexity index is 1800. The molecule has 0 heterocycles. The second-order valence-electron chi connectivity index (χ2n) is 14.6. The second kappa shape index (κ2) is 19.7. The van der Waals surface area contributed by atoms with Crippen LogP contribution < -0.4 is 28.0 Å². The normalized spacial score (nSPS) is 10.9. The molecule has 0 amide bonds. The van der Waals surface area contributed by atoms with Crippen LogP contribution in [0.2, 0.25) is 0 Å². The van der Waals surface area contributed by atoms with Gasteiger partial charge in [-0.25, -0.2) is 0 Å². The van der Waals surface area contributed by atoms with Gasteiger partial charge in [-0.15, -0.1) is 0 Å². The van der Waals surface area contributed by atoms with Crippen molar-refractivity contribution in [2.75, 3.05) is 0 Å². The fraction of sp³-hybridized carbons (Fsp3) is 0.250. The Balaban J connectivity index is 0.000000182. The molecule has 0 unspecified atom stereocenters. The van der Waals surface area contributed by atoms with Crippen LogP contribution in [0.3, 0.4) is 0 Å². The maximum atomic E-state index is 7.02. The Hall–Kier alpha value is -2.80. The van der Waals surface area contributed by atoms with Gasteiger partial charge in [0.05, 0.1) is 0 Å². The van der Waals surface area contributed by atoms with Crippen LogP contribution in [0.5, 0.6) is 0 Å². The minimum atomic E-state index is -1.96. The summed E-state index contributed by atoms with van der Waals surface area (Å²) in [6, 6.07) is 39.2. The molecule has 0 saturated heterocycles. The smallest absolute Gasteiger partial charge is 0.0631 e. The van der Waals surface area contributed by atoms with Crippen LogP contribution in [0.1, 0.15) is 66.8 Å². The Labute approximate surface area is 340 Å². The molecule has 0 saturated carbocycles. The first-order valence-electron chi connectivity index (χ1n) is 18.3. The minimum absolute atomic E-state index is 0.777. The van der Waals surface area contributed by atoms with E-state index in [1.165, 1.54) is 94.7 Å². The molecule has 6 rings (SSSR count). The molecular formula is C48H54Cl2Ge2Si. The summed E-state index contributed by atoms with van der Waals surface area (Å²) < 4.78 is 5.69. The van der Waals surface area contributed by atoms with Crippen molar-refractivity contribution in [3.63, 3.8) is 0 Å². The molecule has 0 aliphatic heterocycles. The molecule has 6 aromatic rings. The molecule has 6 aromatic carbocycles. The van der Waals surface area contributed by atoms with Crippen molar-refractivity contribution in [3.8, 4) is 0 Å². The molecule has 53 heavy (non-hydrogen) atoms. The van der Waals surface area contributed by atoms with Crippen LogP contribution in [0.4, 0.5) is 0 Å². The number of hydrogen-bond acceptors (Lipinski definition) is 0. The average Bonchev–Trinajstić information content (AvgIpc) is 3.04. The second-order valence-corrected chi connectivity index (χ2v) is 26.7. The summed E-state index contributed by atoms with van der Waals surface area (Å²) in [5, 5.41) is 2.79. The molecule has 0 N–H and O–H groups in total. The molecule has 0 fully saturated rings. The topological polar surface area (TPSA) is 0 Å². The minimum Gasteiger partial charge on any atom is -0.0631 e. The van der Waals surface area contributed by atoms with E-state index in [4.69, 9.17) is 20.0 Å². The first-order chi connectivity index (χ1) is 25.1. The molecular weight excluding hydrogens is 821 g/mol. The van der Waals surface area contributed by atoms with Crippen molar-refractivity contribution in [2.45, 2.75) is 83.1 Å². The van der Waals surface area contributed by atoms with Gasteiger partial charge in [0, 0.05) is 0 Å². The third kappa shape index (κ3) is 11.6. The molecule has 0 aliphatic carbocycles. The molecule has 272 valence electrons. The largest absolute Gasteiger partial charge is 0.121 e. The van der Waals surface area contributed by atoms with Gasteiger partial charge in [-0.05, 0) is 0 Å². The van der Waals surface area contributed by atoms with Crippen molar-refractivity contribution < 1.29 is 0 Å². The van der Waals surface area contributed by atoms with Gasteiger partial charge in [-0.3, -0.25) is 0 Å². The molecule has 4 radical (unpaired) electrons. The third-order valence-corrected chi connectivity index (χ3v) is 24.9. The van der Waals surface area contributed by atoms with Gasteiger partial charge in [0.2, 0.25) is 0 Å². The maximum Gasteiger partial charge on any atom is 0.121 e. The SMILES string of the molecule is Cc1cc(C)[c]([Ge]([Cl])[c]2c(C)cc(C)cc2C)c(C)c1.Cc1cc(C)[c]([Ge]([Cl])[c]2c(C)cc(C)cc2C)c(C)c1.c1ccc([Si]c2ccccc2)cc1. The fourth-order valence-electron chi connectivity index (χ4n) is 7.56. The number of hydrogen-bond donors (Lipinski definition) is 0. The van der Waals surface area contributed by atoms with Crippen molar-refractivity contribution >= 4 is 84.3 Å². The van der Waals surface area contributed by atoms with Crippen LogP contribution in [-0.2, 0) is 0 Å². The predicted molar refractivity (Wildman–Crippen MR) is 242 cm³/mol. The Morgan fingerprint density at radius 2 is 0.509 bits per heavy atom. The Morgan fingerprint density at radius 3 is 0.698 bits per heavy atom. The summed E-state index contributed by atoms with van der Waals surface area (Å²) in [6.45, 7) is 26.2. The number of rotatable bonds is 6.